The van der Waals surface area contributed by atoms with Gasteiger partial charge >= 0.3 is 11.7 Å². The van der Waals surface area contributed by atoms with Crippen molar-refractivity contribution in [2.24, 2.45) is 0 Å². The number of nitrogens with zero attached hydrogens (tertiary/aromatic N) is 1. The smallest absolute Gasteiger partial charge is 0.354 e. The Morgan fingerprint density at radius 2 is 2.00 bits per heavy atom. The predicted molar refractivity (Wildman–Crippen MR) is 51.5 cm³/mol. The zero-order valence-electron chi connectivity index (χ0n) is 6.72. The first-order valence-corrected chi connectivity index (χ1v) is 4.02. The topological polar surface area (TPSA) is 50.9 Å². The third-order valence-electron chi connectivity index (χ3n) is 0.950. The summed E-state index contributed by atoms with van der Waals surface area (Å²) < 4.78 is 1.72. The number of allylic oxidation sites excluding steroid dienone is 1. The van der Waals surface area contributed by atoms with Gasteiger partial charge in [0.15, 0.2) is 5.76 Å². The van der Waals surface area contributed by atoms with Gasteiger partial charge in [-0.15, -0.1) is 0 Å². The fourth-order valence-electron chi connectivity index (χ4n) is 0.431. The molecule has 0 unspecified atom stereocenters. The van der Waals surface area contributed by atoms with Gasteiger partial charge in [0.05, 0.1) is 6.57 Å². The Hall–Kier alpha value is -0.551. The van der Waals surface area contributed by atoms with Crippen LogP contribution >= 0.6 is 34.8 Å². The van der Waals surface area contributed by atoms with Gasteiger partial charge < -0.3 is 9.84 Å². The average molecular weight is 318 g/mol. The minimum Gasteiger partial charge on any atom is -0.519 e. The van der Waals surface area contributed by atoms with E-state index in [2.05, 4.69) is 16.0 Å². The second kappa shape index (κ2) is 6.85. The van der Waals surface area contributed by atoms with Crippen LogP contribution in [-0.4, -0.2) is 14.9 Å². The molecule has 0 fully saturated rings. The average Bonchev–Trinajstić information content (AvgIpc) is 2.04. The largest absolute Gasteiger partial charge is 0.519 e. The van der Waals surface area contributed by atoms with Crippen molar-refractivity contribution < 1.29 is 31.7 Å². The van der Waals surface area contributed by atoms with E-state index < -0.39 is 21.2 Å². The third kappa shape index (κ3) is 5.18. The molecule has 0 amide bonds. The van der Waals surface area contributed by atoms with E-state index in [9.17, 15) is 4.79 Å². The van der Waals surface area contributed by atoms with Crippen molar-refractivity contribution in [3.05, 3.63) is 22.9 Å². The summed E-state index contributed by atoms with van der Waals surface area (Å²) in [6, 6.07) is 0. The van der Waals surface area contributed by atoms with Gasteiger partial charge in [-0.1, -0.05) is 41.2 Å². The molecule has 4 nitrogen and oxygen atoms in total. The zero-order chi connectivity index (χ0) is 11.4. The Balaban J connectivity index is 0. The Kier molecular flexibility index (Phi) is 7.70. The second-order valence-corrected chi connectivity index (χ2v) is 4.10. The molecule has 0 aromatic carbocycles. The number of esters is 1. The number of terminal acetylenes is 1. The molecule has 0 spiro atoms. The maximum absolute atomic E-state index is 10.9. The zero-order valence-corrected chi connectivity index (χ0v) is 9.93. The van der Waals surface area contributed by atoms with E-state index in [1.165, 1.54) is 6.11 Å². The van der Waals surface area contributed by atoms with Crippen molar-refractivity contribution in [2.45, 2.75) is 3.79 Å². The summed E-state index contributed by atoms with van der Waals surface area (Å²) in [5.41, 5.74) is -0.872. The predicted octanol–water partition coefficient (Wildman–Crippen LogP) is 2.18. The van der Waals surface area contributed by atoms with E-state index in [0.29, 0.717) is 0 Å². The van der Waals surface area contributed by atoms with E-state index in [1.54, 1.807) is 0 Å². The summed E-state index contributed by atoms with van der Waals surface area (Å²) in [6.45, 7) is 6.54. The van der Waals surface area contributed by atoms with Gasteiger partial charge in [-0.3, -0.25) is 4.79 Å². The molecule has 0 aliphatic heterocycles. The molecule has 0 rings (SSSR count). The van der Waals surface area contributed by atoms with Crippen molar-refractivity contribution in [1.82, 2.24) is 0 Å². The molecule has 0 bridgehead atoms. The molecule has 85 valence electrons. The van der Waals surface area contributed by atoms with Crippen LogP contribution in [0.4, 0.5) is 0 Å². The van der Waals surface area contributed by atoms with Gasteiger partial charge in [0.1, 0.15) is 6.11 Å². The van der Waals surface area contributed by atoms with Crippen LogP contribution in [0, 0.1) is 19.1 Å². The van der Waals surface area contributed by atoms with Crippen LogP contribution in [0.15, 0.2) is 11.5 Å². The minimum atomic E-state index is -2.27. The number of rotatable bonds is 1. The van der Waals surface area contributed by atoms with Crippen molar-refractivity contribution in [1.29, 1.82) is 0 Å². The van der Waals surface area contributed by atoms with E-state index in [0.717, 1.165) is 0 Å². The number of aliphatic hydroxyl groups is 1. The van der Waals surface area contributed by atoms with E-state index in [1.807, 2.05) is 0 Å². The first-order chi connectivity index (χ1) is 6.34. The molecule has 1 radical (unpaired) electrons. The van der Waals surface area contributed by atoms with E-state index in [4.69, 9.17) is 46.5 Å². The Bertz CT molecular complexity index is 361. The summed E-state index contributed by atoms with van der Waals surface area (Å²) in [7, 11) is 0. The Morgan fingerprint density at radius 1 is 1.53 bits per heavy atom. The van der Waals surface area contributed by atoms with Gasteiger partial charge in [0, 0.05) is 17.1 Å². The van der Waals surface area contributed by atoms with Crippen molar-refractivity contribution in [3.8, 4) is 12.5 Å². The van der Waals surface area contributed by atoms with Crippen LogP contribution in [0.1, 0.15) is 0 Å². The fraction of sp³-hybridized carbons (Fsp3) is 0.143. The molecule has 1 N–H and O–H groups in total. The first-order valence-electron chi connectivity index (χ1n) is 2.89. The van der Waals surface area contributed by atoms with Crippen molar-refractivity contribution in [3.63, 3.8) is 0 Å². The number of halogens is 3. The molecule has 0 saturated heterocycles. The molecule has 0 aromatic heterocycles. The SMILES string of the molecule is [C-]#[N+]/C(C(=O)OC#C)=C(/O)C(Cl)(Cl)Cl.[Cu]. The summed E-state index contributed by atoms with van der Waals surface area (Å²) in [5, 5.41) is 9.14. The molecular formula is C7H2Cl3CuNO3. The third-order valence-corrected chi connectivity index (χ3v) is 1.49. The molecule has 8 heteroatoms. The number of carbonyl (C=O) groups excluding carboxylic acids is 1. The number of hydrogen-bond donors (Lipinski definition) is 1. The second-order valence-electron chi connectivity index (χ2n) is 1.81. The molecule has 0 heterocycles. The summed E-state index contributed by atoms with van der Waals surface area (Å²) in [5.74, 6) is -2.29. The van der Waals surface area contributed by atoms with Crippen LogP contribution < -0.4 is 0 Å². The number of aliphatic hydroxyl groups excluding tert-OH is 1. The van der Waals surface area contributed by atoms with E-state index >= 15 is 0 Å². The number of carbonyl (C=O) groups is 1. The van der Waals surface area contributed by atoms with Gasteiger partial charge in [-0.2, -0.15) is 0 Å². The Morgan fingerprint density at radius 3 is 2.27 bits per heavy atom. The standard InChI is InChI=1S/C7H2Cl3NO3.Cu/c1-3-14-6(13)4(11-2)5(12)7(8,9)10;/h1,12H;/b5-4+;. The maximum atomic E-state index is 10.9. The summed E-state index contributed by atoms with van der Waals surface area (Å²) in [6.07, 6.45) is 6.15. The molecule has 0 aliphatic rings. The molecule has 0 aliphatic carbocycles. The van der Waals surface area contributed by atoms with Crippen LogP contribution in [0.25, 0.3) is 4.85 Å². The summed E-state index contributed by atoms with van der Waals surface area (Å²) in [4.78, 5) is 13.5. The van der Waals surface area contributed by atoms with Gasteiger partial charge in [0.25, 0.3) is 0 Å². The number of alkyl halides is 3. The molecule has 0 atom stereocenters. The normalized spacial score (nSPS) is 11.3. The van der Waals surface area contributed by atoms with Gasteiger partial charge in [0.2, 0.25) is 3.79 Å². The molecule has 0 aromatic rings. The van der Waals surface area contributed by atoms with Crippen LogP contribution in [-0.2, 0) is 26.6 Å². The van der Waals surface area contributed by atoms with Crippen molar-refractivity contribution in [2.75, 3.05) is 0 Å². The van der Waals surface area contributed by atoms with Crippen LogP contribution in [0.5, 0.6) is 0 Å². The number of ether oxygens (including phenoxy) is 1. The molecule has 0 saturated carbocycles. The van der Waals surface area contributed by atoms with Gasteiger partial charge in [-0.25, -0.2) is 4.85 Å². The van der Waals surface area contributed by atoms with Crippen molar-refractivity contribution >= 4 is 40.8 Å². The van der Waals surface area contributed by atoms with Gasteiger partial charge in [-0.05, 0) is 0 Å². The van der Waals surface area contributed by atoms with Crippen LogP contribution in [0.3, 0.4) is 0 Å². The fourth-order valence-corrected chi connectivity index (χ4v) is 0.700. The maximum Gasteiger partial charge on any atom is 0.354 e. The first kappa shape index (κ1) is 16.9. The number of hydrogen-bond acceptors (Lipinski definition) is 3. The van der Waals surface area contributed by atoms with E-state index in [-0.39, 0.29) is 17.1 Å². The Labute approximate surface area is 111 Å². The molecular weight excluding hydrogens is 316 g/mol. The minimum absolute atomic E-state index is 0. The molecule has 15 heavy (non-hydrogen) atoms. The summed E-state index contributed by atoms with van der Waals surface area (Å²) >= 11 is 15.7. The monoisotopic (exact) mass is 316 g/mol. The quantitative estimate of drug-likeness (QED) is 0.153. The van der Waals surface area contributed by atoms with Crippen LogP contribution in [0.2, 0.25) is 0 Å².